The second-order valence-corrected chi connectivity index (χ2v) is 7.35. The summed E-state index contributed by atoms with van der Waals surface area (Å²) in [5.74, 6) is 0.205. The van der Waals surface area contributed by atoms with Crippen LogP contribution in [0.2, 0.25) is 0 Å². The van der Waals surface area contributed by atoms with E-state index >= 15 is 0 Å². The molecule has 1 unspecified atom stereocenters. The maximum Gasteiger partial charge on any atom is 0.227 e. The molecule has 1 aliphatic rings. The van der Waals surface area contributed by atoms with Crippen LogP contribution < -0.4 is 0 Å². The molecule has 5 nitrogen and oxygen atoms in total. The molecule has 0 saturated carbocycles. The van der Waals surface area contributed by atoms with Gasteiger partial charge in [0.1, 0.15) is 11.6 Å². The van der Waals surface area contributed by atoms with Gasteiger partial charge in [0.25, 0.3) is 0 Å². The monoisotopic (exact) mass is 397 g/mol. The van der Waals surface area contributed by atoms with Gasteiger partial charge < -0.3 is 9.42 Å². The highest BCUT2D eigenvalue weighted by atomic mass is 19.1. The van der Waals surface area contributed by atoms with Gasteiger partial charge in [0.15, 0.2) is 0 Å². The number of hydrogen-bond donors (Lipinski definition) is 0. The van der Waals surface area contributed by atoms with Crippen LogP contribution in [0.5, 0.6) is 0 Å². The number of carbonyl (C=O) groups is 1. The van der Waals surface area contributed by atoms with Crippen LogP contribution in [0.4, 0.5) is 8.78 Å². The Morgan fingerprint density at radius 2 is 1.93 bits per heavy atom. The van der Waals surface area contributed by atoms with Crippen LogP contribution in [0.3, 0.4) is 0 Å². The Bertz CT molecular complexity index is 988. The van der Waals surface area contributed by atoms with Crippen LogP contribution in [0, 0.1) is 17.6 Å². The zero-order chi connectivity index (χ0) is 20.2. The summed E-state index contributed by atoms with van der Waals surface area (Å²) in [4.78, 5) is 18.8. The number of likely N-dealkylation sites (tertiary alicyclic amines) is 1. The Morgan fingerprint density at radius 3 is 2.72 bits per heavy atom. The summed E-state index contributed by atoms with van der Waals surface area (Å²) in [6, 6.07) is 12.3. The van der Waals surface area contributed by atoms with Gasteiger partial charge in [0.05, 0.1) is 12.0 Å². The molecule has 29 heavy (non-hydrogen) atoms. The van der Waals surface area contributed by atoms with Crippen LogP contribution in [0.15, 0.2) is 53.1 Å². The highest BCUT2D eigenvalue weighted by molar-refractivity contribution is 5.78. The summed E-state index contributed by atoms with van der Waals surface area (Å²) in [6.07, 6.45) is 2.65. The molecule has 2 heterocycles. The topological polar surface area (TPSA) is 59.2 Å². The molecule has 1 aromatic heterocycles. The van der Waals surface area contributed by atoms with Gasteiger partial charge in [0, 0.05) is 19.5 Å². The van der Waals surface area contributed by atoms with Crippen LogP contribution >= 0.6 is 0 Å². The third-order valence-corrected chi connectivity index (χ3v) is 5.19. The van der Waals surface area contributed by atoms with Crippen LogP contribution in [0.1, 0.15) is 24.3 Å². The van der Waals surface area contributed by atoms with Gasteiger partial charge in [-0.05, 0) is 48.6 Å². The van der Waals surface area contributed by atoms with Gasteiger partial charge in [-0.2, -0.15) is 4.98 Å². The predicted molar refractivity (Wildman–Crippen MR) is 103 cm³/mol. The Kier molecular flexibility index (Phi) is 5.64. The molecular weight excluding hydrogens is 376 g/mol. The molecule has 150 valence electrons. The number of rotatable bonds is 5. The third-order valence-electron chi connectivity index (χ3n) is 5.19. The minimum atomic E-state index is -0.393. The number of piperidine rings is 1. The van der Waals surface area contributed by atoms with Gasteiger partial charge in [-0.25, -0.2) is 8.78 Å². The normalized spacial score (nSPS) is 16.8. The van der Waals surface area contributed by atoms with E-state index in [0.29, 0.717) is 31.0 Å². The molecule has 1 aliphatic heterocycles. The molecule has 2 aromatic carbocycles. The second kappa shape index (κ2) is 8.51. The lowest BCUT2D eigenvalue weighted by Crippen LogP contribution is -2.41. The summed E-state index contributed by atoms with van der Waals surface area (Å²) < 4.78 is 32.2. The third kappa shape index (κ3) is 4.67. The smallest absolute Gasteiger partial charge is 0.227 e. The van der Waals surface area contributed by atoms with E-state index < -0.39 is 5.82 Å². The van der Waals surface area contributed by atoms with E-state index in [2.05, 4.69) is 10.1 Å². The Labute approximate surface area is 167 Å². The molecule has 0 aliphatic carbocycles. The molecule has 0 bridgehead atoms. The number of nitrogens with zero attached hydrogens (tertiary/aromatic N) is 3. The number of hydrogen-bond acceptors (Lipinski definition) is 4. The largest absolute Gasteiger partial charge is 0.342 e. The van der Waals surface area contributed by atoms with Gasteiger partial charge in [0.2, 0.25) is 17.6 Å². The van der Waals surface area contributed by atoms with Crippen molar-refractivity contribution >= 4 is 5.91 Å². The fourth-order valence-corrected chi connectivity index (χ4v) is 3.68. The summed E-state index contributed by atoms with van der Waals surface area (Å²) >= 11 is 0. The number of halogens is 2. The average molecular weight is 397 g/mol. The Morgan fingerprint density at radius 1 is 1.14 bits per heavy atom. The van der Waals surface area contributed by atoms with Gasteiger partial charge in [-0.1, -0.05) is 29.4 Å². The summed E-state index contributed by atoms with van der Waals surface area (Å²) in [5.41, 5.74) is 1.10. The SMILES string of the molecule is O=C(Cc1ccc(F)cc1)N1CCCC(Cc2nc(-c3ccccc3F)no2)C1. The van der Waals surface area contributed by atoms with Crippen molar-refractivity contribution in [2.45, 2.75) is 25.7 Å². The van der Waals surface area contributed by atoms with Crippen molar-refractivity contribution < 1.29 is 18.1 Å². The molecule has 1 fully saturated rings. The number of benzene rings is 2. The van der Waals surface area contributed by atoms with Crippen molar-refractivity contribution in [3.63, 3.8) is 0 Å². The van der Waals surface area contributed by atoms with Crippen LogP contribution in [0.25, 0.3) is 11.4 Å². The molecule has 0 radical (unpaired) electrons. The first-order valence-corrected chi connectivity index (χ1v) is 9.68. The fraction of sp³-hybridized carbons (Fsp3) is 0.318. The van der Waals surface area contributed by atoms with Crippen LogP contribution in [-0.2, 0) is 17.6 Å². The van der Waals surface area contributed by atoms with Gasteiger partial charge in [-0.15, -0.1) is 0 Å². The maximum absolute atomic E-state index is 13.9. The first-order valence-electron chi connectivity index (χ1n) is 9.68. The lowest BCUT2D eigenvalue weighted by atomic mass is 9.94. The lowest BCUT2D eigenvalue weighted by Gasteiger charge is -2.32. The average Bonchev–Trinajstić information content (AvgIpc) is 3.18. The first-order chi connectivity index (χ1) is 14.1. The number of amides is 1. The Hall–Kier alpha value is -3.09. The number of carbonyl (C=O) groups excluding carboxylic acids is 1. The molecule has 0 N–H and O–H groups in total. The molecular formula is C22H21F2N3O2. The van der Waals surface area contributed by atoms with E-state index in [9.17, 15) is 13.6 Å². The first kappa shape index (κ1) is 19.2. The minimum absolute atomic E-state index is 0.0267. The maximum atomic E-state index is 13.9. The molecule has 3 aromatic rings. The molecule has 4 rings (SSSR count). The summed E-state index contributed by atoms with van der Waals surface area (Å²) in [6.45, 7) is 1.32. The van der Waals surface area contributed by atoms with Gasteiger partial charge in [-0.3, -0.25) is 4.79 Å². The molecule has 0 spiro atoms. The zero-order valence-electron chi connectivity index (χ0n) is 15.9. The second-order valence-electron chi connectivity index (χ2n) is 7.35. The van der Waals surface area contributed by atoms with E-state index in [1.165, 1.54) is 18.2 Å². The van der Waals surface area contributed by atoms with Crippen molar-refractivity contribution in [3.05, 3.63) is 71.6 Å². The van der Waals surface area contributed by atoms with Crippen molar-refractivity contribution in [1.82, 2.24) is 15.0 Å². The zero-order valence-corrected chi connectivity index (χ0v) is 15.9. The summed E-state index contributed by atoms with van der Waals surface area (Å²) in [7, 11) is 0. The quantitative estimate of drug-likeness (QED) is 0.652. The molecule has 7 heteroatoms. The Balaban J connectivity index is 1.37. The van der Waals surface area contributed by atoms with E-state index in [0.717, 1.165) is 18.4 Å². The fourth-order valence-electron chi connectivity index (χ4n) is 3.68. The van der Waals surface area contributed by atoms with E-state index in [1.54, 1.807) is 30.3 Å². The number of aromatic nitrogens is 2. The van der Waals surface area contributed by atoms with Crippen molar-refractivity contribution in [2.75, 3.05) is 13.1 Å². The molecule has 1 atom stereocenters. The standard InChI is InChI=1S/C22H21F2N3O2/c23-17-9-7-15(8-10-17)13-21(28)27-11-3-4-16(14-27)12-20-25-22(26-29-20)18-5-1-2-6-19(18)24/h1-2,5-10,16H,3-4,11-14H2. The van der Waals surface area contributed by atoms with E-state index in [-0.39, 0.29) is 29.9 Å². The molecule has 1 amide bonds. The van der Waals surface area contributed by atoms with E-state index in [4.69, 9.17) is 4.52 Å². The molecule has 1 saturated heterocycles. The van der Waals surface area contributed by atoms with E-state index in [1.807, 2.05) is 4.90 Å². The lowest BCUT2D eigenvalue weighted by molar-refractivity contribution is -0.132. The van der Waals surface area contributed by atoms with Crippen LogP contribution in [-0.4, -0.2) is 34.0 Å². The van der Waals surface area contributed by atoms with Crippen molar-refractivity contribution in [2.24, 2.45) is 5.92 Å². The van der Waals surface area contributed by atoms with Crippen molar-refractivity contribution in [3.8, 4) is 11.4 Å². The van der Waals surface area contributed by atoms with Crippen molar-refractivity contribution in [1.29, 1.82) is 0 Å². The predicted octanol–water partition coefficient (Wildman–Crippen LogP) is 4.04. The highest BCUT2D eigenvalue weighted by Gasteiger charge is 2.25. The highest BCUT2D eigenvalue weighted by Crippen LogP contribution is 2.24. The van der Waals surface area contributed by atoms with Gasteiger partial charge >= 0.3 is 0 Å². The minimum Gasteiger partial charge on any atom is -0.342 e. The summed E-state index contributed by atoms with van der Waals surface area (Å²) in [5, 5.41) is 3.89.